The molecular formula is C13H21NO3. The molecule has 0 aliphatic rings. The van der Waals surface area contributed by atoms with Crippen molar-refractivity contribution < 1.29 is 14.6 Å². The minimum atomic E-state index is 0.140. The first-order valence-electron chi connectivity index (χ1n) is 5.93. The minimum Gasteiger partial charge on any atom is -0.493 e. The van der Waals surface area contributed by atoms with E-state index in [9.17, 15) is 0 Å². The second kappa shape index (κ2) is 7.92. The Kier molecular flexibility index (Phi) is 6.43. The van der Waals surface area contributed by atoms with Crippen molar-refractivity contribution >= 4 is 0 Å². The quantitative estimate of drug-likeness (QED) is 0.676. The molecule has 1 aromatic rings. The molecule has 17 heavy (non-hydrogen) atoms. The number of ether oxygens (including phenoxy) is 2. The van der Waals surface area contributed by atoms with E-state index in [1.165, 1.54) is 5.56 Å². The number of hydrogen-bond donors (Lipinski definition) is 2. The molecule has 2 N–H and O–H groups in total. The summed E-state index contributed by atoms with van der Waals surface area (Å²) in [6.45, 7) is 4.48. The molecule has 96 valence electrons. The summed E-state index contributed by atoms with van der Waals surface area (Å²) in [7, 11) is 1.63. The molecule has 0 bridgehead atoms. The summed E-state index contributed by atoms with van der Waals surface area (Å²) in [5.74, 6) is 1.46. The molecule has 0 spiro atoms. The summed E-state index contributed by atoms with van der Waals surface area (Å²) in [6.07, 6.45) is 0.627. The summed E-state index contributed by atoms with van der Waals surface area (Å²) in [5.41, 5.74) is 1.17. The third kappa shape index (κ3) is 4.63. The molecule has 1 aromatic carbocycles. The molecule has 0 amide bonds. The highest BCUT2D eigenvalue weighted by molar-refractivity contribution is 5.42. The van der Waals surface area contributed by atoms with E-state index in [0.29, 0.717) is 13.0 Å². The average Bonchev–Trinajstić information content (AvgIpc) is 2.37. The van der Waals surface area contributed by atoms with Crippen molar-refractivity contribution in [2.24, 2.45) is 0 Å². The van der Waals surface area contributed by atoms with Gasteiger partial charge in [0.1, 0.15) is 0 Å². The number of benzene rings is 1. The zero-order chi connectivity index (χ0) is 12.5. The molecule has 0 atom stereocenters. The standard InChI is InChI=1S/C13H21NO3/c1-3-14-10-11-5-6-12(13(9-11)16-2)17-8-4-7-15/h5-6,9,14-15H,3-4,7-8,10H2,1-2H3. The fourth-order valence-electron chi connectivity index (χ4n) is 1.46. The van der Waals surface area contributed by atoms with Crippen molar-refractivity contribution in [2.75, 3.05) is 26.9 Å². The Morgan fingerprint density at radius 1 is 1.29 bits per heavy atom. The smallest absolute Gasteiger partial charge is 0.161 e. The topological polar surface area (TPSA) is 50.7 Å². The highest BCUT2D eigenvalue weighted by Crippen LogP contribution is 2.28. The van der Waals surface area contributed by atoms with Crippen LogP contribution in [0.3, 0.4) is 0 Å². The van der Waals surface area contributed by atoms with E-state index in [1.54, 1.807) is 7.11 Å². The van der Waals surface area contributed by atoms with Crippen LogP contribution in [0.15, 0.2) is 18.2 Å². The molecule has 0 aliphatic heterocycles. The van der Waals surface area contributed by atoms with Crippen LogP contribution in [0.5, 0.6) is 11.5 Å². The van der Waals surface area contributed by atoms with Crippen molar-refractivity contribution in [2.45, 2.75) is 19.9 Å². The van der Waals surface area contributed by atoms with Crippen molar-refractivity contribution in [1.29, 1.82) is 0 Å². The van der Waals surface area contributed by atoms with Gasteiger partial charge in [-0.25, -0.2) is 0 Å². The van der Waals surface area contributed by atoms with E-state index in [-0.39, 0.29) is 6.61 Å². The molecule has 1 rings (SSSR count). The third-order valence-corrected chi connectivity index (χ3v) is 2.37. The second-order valence-electron chi connectivity index (χ2n) is 3.69. The van der Waals surface area contributed by atoms with Crippen LogP contribution >= 0.6 is 0 Å². The van der Waals surface area contributed by atoms with Gasteiger partial charge in [-0.05, 0) is 24.2 Å². The van der Waals surface area contributed by atoms with E-state index in [0.717, 1.165) is 24.6 Å². The van der Waals surface area contributed by atoms with Gasteiger partial charge in [0, 0.05) is 19.6 Å². The molecule has 0 heterocycles. The van der Waals surface area contributed by atoms with Gasteiger partial charge >= 0.3 is 0 Å². The SMILES string of the molecule is CCNCc1ccc(OCCCO)c(OC)c1. The van der Waals surface area contributed by atoms with E-state index in [1.807, 2.05) is 18.2 Å². The van der Waals surface area contributed by atoms with E-state index in [2.05, 4.69) is 12.2 Å². The fourth-order valence-corrected chi connectivity index (χ4v) is 1.46. The van der Waals surface area contributed by atoms with E-state index in [4.69, 9.17) is 14.6 Å². The number of rotatable bonds is 8. The second-order valence-corrected chi connectivity index (χ2v) is 3.69. The average molecular weight is 239 g/mol. The largest absolute Gasteiger partial charge is 0.493 e. The number of aliphatic hydroxyl groups is 1. The van der Waals surface area contributed by atoms with Crippen LogP contribution in [-0.2, 0) is 6.54 Å². The van der Waals surface area contributed by atoms with Gasteiger partial charge < -0.3 is 19.9 Å². The van der Waals surface area contributed by atoms with Gasteiger partial charge in [-0.1, -0.05) is 13.0 Å². The Morgan fingerprint density at radius 3 is 2.76 bits per heavy atom. The number of aliphatic hydroxyl groups excluding tert-OH is 1. The minimum absolute atomic E-state index is 0.140. The van der Waals surface area contributed by atoms with Gasteiger partial charge in [0.25, 0.3) is 0 Å². The summed E-state index contributed by atoms with van der Waals surface area (Å²) in [5, 5.41) is 12.0. The van der Waals surface area contributed by atoms with Gasteiger partial charge in [0.05, 0.1) is 13.7 Å². The van der Waals surface area contributed by atoms with Gasteiger partial charge in [0.15, 0.2) is 11.5 Å². The van der Waals surface area contributed by atoms with Crippen molar-refractivity contribution in [3.8, 4) is 11.5 Å². The Morgan fingerprint density at radius 2 is 2.12 bits per heavy atom. The highest BCUT2D eigenvalue weighted by Gasteiger charge is 2.05. The lowest BCUT2D eigenvalue weighted by molar-refractivity contribution is 0.228. The van der Waals surface area contributed by atoms with Crippen LogP contribution in [0.2, 0.25) is 0 Å². The molecule has 0 radical (unpaired) electrons. The molecule has 0 saturated heterocycles. The Labute approximate surface area is 103 Å². The fraction of sp³-hybridized carbons (Fsp3) is 0.538. The summed E-state index contributed by atoms with van der Waals surface area (Å²) >= 11 is 0. The monoisotopic (exact) mass is 239 g/mol. The molecule has 0 unspecified atom stereocenters. The summed E-state index contributed by atoms with van der Waals surface area (Å²) in [6, 6.07) is 5.89. The maximum atomic E-state index is 8.69. The number of hydrogen-bond acceptors (Lipinski definition) is 4. The zero-order valence-electron chi connectivity index (χ0n) is 10.5. The highest BCUT2D eigenvalue weighted by atomic mass is 16.5. The zero-order valence-corrected chi connectivity index (χ0v) is 10.5. The number of methoxy groups -OCH3 is 1. The van der Waals surface area contributed by atoms with Crippen LogP contribution in [0.4, 0.5) is 0 Å². The molecule has 0 aromatic heterocycles. The normalized spacial score (nSPS) is 10.3. The molecule has 4 nitrogen and oxygen atoms in total. The lowest BCUT2D eigenvalue weighted by Gasteiger charge is -2.12. The van der Waals surface area contributed by atoms with Gasteiger partial charge in [-0.3, -0.25) is 0 Å². The van der Waals surface area contributed by atoms with Crippen LogP contribution in [0.1, 0.15) is 18.9 Å². The maximum Gasteiger partial charge on any atom is 0.161 e. The first-order chi connectivity index (χ1) is 8.31. The number of nitrogens with one attached hydrogen (secondary N) is 1. The third-order valence-electron chi connectivity index (χ3n) is 2.37. The van der Waals surface area contributed by atoms with Crippen molar-refractivity contribution in [3.63, 3.8) is 0 Å². The predicted molar refractivity (Wildman–Crippen MR) is 67.6 cm³/mol. The van der Waals surface area contributed by atoms with Gasteiger partial charge in [-0.2, -0.15) is 0 Å². The molecule has 4 heteroatoms. The predicted octanol–water partition coefficient (Wildman–Crippen LogP) is 1.57. The maximum absolute atomic E-state index is 8.69. The Bertz CT molecular complexity index is 328. The van der Waals surface area contributed by atoms with Gasteiger partial charge in [0.2, 0.25) is 0 Å². The van der Waals surface area contributed by atoms with Gasteiger partial charge in [-0.15, -0.1) is 0 Å². The lowest BCUT2D eigenvalue weighted by atomic mass is 10.2. The van der Waals surface area contributed by atoms with E-state index >= 15 is 0 Å². The first kappa shape index (κ1) is 13.8. The van der Waals surface area contributed by atoms with Crippen LogP contribution in [0.25, 0.3) is 0 Å². The Hall–Kier alpha value is -1.26. The van der Waals surface area contributed by atoms with Crippen LogP contribution < -0.4 is 14.8 Å². The molecule has 0 fully saturated rings. The Balaban J connectivity index is 2.64. The first-order valence-corrected chi connectivity index (χ1v) is 5.93. The summed E-state index contributed by atoms with van der Waals surface area (Å²) in [4.78, 5) is 0. The summed E-state index contributed by atoms with van der Waals surface area (Å²) < 4.78 is 10.8. The van der Waals surface area contributed by atoms with Crippen molar-refractivity contribution in [1.82, 2.24) is 5.32 Å². The molecular weight excluding hydrogens is 218 g/mol. The van der Waals surface area contributed by atoms with Crippen molar-refractivity contribution in [3.05, 3.63) is 23.8 Å². The lowest BCUT2D eigenvalue weighted by Crippen LogP contribution is -2.11. The van der Waals surface area contributed by atoms with Crippen LogP contribution in [0, 0.1) is 0 Å². The molecule has 0 aliphatic carbocycles. The van der Waals surface area contributed by atoms with Crippen LogP contribution in [-0.4, -0.2) is 32.0 Å². The molecule has 0 saturated carbocycles. The van der Waals surface area contributed by atoms with E-state index < -0.39 is 0 Å².